The zero-order chi connectivity index (χ0) is 20.9. The molecule has 0 saturated carbocycles. The molecule has 1 N–H and O–H groups in total. The molecule has 4 rings (SSSR count). The first kappa shape index (κ1) is 20.4. The van der Waals surface area contributed by atoms with Crippen LogP contribution in [0.2, 0.25) is 0 Å². The Morgan fingerprint density at radius 3 is 2.43 bits per heavy atom. The minimum Gasteiger partial charge on any atom is -0.298 e. The van der Waals surface area contributed by atoms with Crippen molar-refractivity contribution in [2.45, 2.75) is 25.8 Å². The van der Waals surface area contributed by atoms with Crippen molar-refractivity contribution in [3.05, 3.63) is 82.1 Å². The minimum absolute atomic E-state index is 0.264. The second-order valence-electron chi connectivity index (χ2n) is 7.32. The molecule has 2 aromatic carbocycles. The minimum atomic E-state index is -0.415. The van der Waals surface area contributed by atoms with Gasteiger partial charge in [-0.1, -0.05) is 24.6 Å². The highest BCUT2D eigenvalue weighted by Crippen LogP contribution is 2.21. The van der Waals surface area contributed by atoms with Gasteiger partial charge in [-0.2, -0.15) is 0 Å². The van der Waals surface area contributed by atoms with Gasteiger partial charge < -0.3 is 0 Å². The lowest BCUT2D eigenvalue weighted by molar-refractivity contribution is 0.0996. The van der Waals surface area contributed by atoms with Crippen LogP contribution in [0.25, 0.3) is 0 Å². The van der Waals surface area contributed by atoms with E-state index >= 15 is 0 Å². The van der Waals surface area contributed by atoms with Gasteiger partial charge in [0.1, 0.15) is 5.82 Å². The third-order valence-electron chi connectivity index (χ3n) is 5.13. The molecule has 0 bridgehead atoms. The average molecular weight is 424 g/mol. The van der Waals surface area contributed by atoms with Gasteiger partial charge in [0.25, 0.3) is 5.91 Å². The van der Waals surface area contributed by atoms with Gasteiger partial charge in [0.05, 0.1) is 11.3 Å². The zero-order valence-corrected chi connectivity index (χ0v) is 17.3. The molecule has 7 heteroatoms. The van der Waals surface area contributed by atoms with Crippen LogP contribution in [-0.4, -0.2) is 34.7 Å². The van der Waals surface area contributed by atoms with Crippen LogP contribution in [0, 0.1) is 5.82 Å². The van der Waals surface area contributed by atoms with E-state index in [4.69, 9.17) is 0 Å². The largest absolute Gasteiger partial charge is 0.298 e. The smallest absolute Gasteiger partial charge is 0.258 e. The van der Waals surface area contributed by atoms with Crippen LogP contribution in [0.5, 0.6) is 0 Å². The number of carbonyl (C=O) groups excluding carboxylic acids is 2. The molecule has 1 aliphatic heterocycles. The Morgan fingerprint density at radius 2 is 1.70 bits per heavy atom. The number of ketones is 1. The predicted molar refractivity (Wildman–Crippen MR) is 115 cm³/mol. The van der Waals surface area contributed by atoms with Crippen molar-refractivity contribution < 1.29 is 14.0 Å². The van der Waals surface area contributed by atoms with Crippen molar-refractivity contribution >= 4 is 28.2 Å². The number of nitrogens with one attached hydrogen (secondary N) is 1. The van der Waals surface area contributed by atoms with Crippen LogP contribution in [-0.2, 0) is 6.54 Å². The number of likely N-dealkylation sites (tertiary alicyclic amines) is 1. The molecule has 2 heterocycles. The number of hydrogen-bond donors (Lipinski definition) is 1. The van der Waals surface area contributed by atoms with Crippen LogP contribution in [0.1, 0.15) is 51.2 Å². The van der Waals surface area contributed by atoms with E-state index in [0.29, 0.717) is 10.7 Å². The Bertz CT molecular complexity index is 1040. The van der Waals surface area contributed by atoms with Crippen LogP contribution >= 0.6 is 11.3 Å². The highest BCUT2D eigenvalue weighted by atomic mass is 32.1. The Balaban J connectivity index is 1.48. The topological polar surface area (TPSA) is 62.3 Å². The SMILES string of the molecule is O=C(Nc1nc(CN2CCCCC2)cs1)c1ccccc1C(=O)c1ccc(F)cc1. The van der Waals surface area contributed by atoms with E-state index in [2.05, 4.69) is 15.2 Å². The van der Waals surface area contributed by atoms with Crippen molar-refractivity contribution in [1.29, 1.82) is 0 Å². The lowest BCUT2D eigenvalue weighted by Gasteiger charge is -2.25. The predicted octanol–water partition coefficient (Wildman–Crippen LogP) is 4.75. The second-order valence-corrected chi connectivity index (χ2v) is 8.17. The van der Waals surface area contributed by atoms with Gasteiger partial charge in [0.2, 0.25) is 0 Å². The van der Waals surface area contributed by atoms with E-state index in [0.717, 1.165) is 25.3 Å². The summed E-state index contributed by atoms with van der Waals surface area (Å²) in [6.07, 6.45) is 3.71. The van der Waals surface area contributed by atoms with Crippen LogP contribution in [0.3, 0.4) is 0 Å². The number of rotatable bonds is 6. The van der Waals surface area contributed by atoms with Crippen molar-refractivity contribution in [1.82, 2.24) is 9.88 Å². The highest BCUT2D eigenvalue weighted by molar-refractivity contribution is 7.14. The molecule has 5 nitrogen and oxygen atoms in total. The number of nitrogens with zero attached hydrogens (tertiary/aromatic N) is 2. The number of benzene rings is 2. The maximum atomic E-state index is 13.2. The number of piperidine rings is 1. The molecule has 3 aromatic rings. The Hall–Kier alpha value is -2.90. The Labute approximate surface area is 178 Å². The first-order chi connectivity index (χ1) is 14.6. The number of halogens is 1. The fourth-order valence-electron chi connectivity index (χ4n) is 3.58. The summed E-state index contributed by atoms with van der Waals surface area (Å²) in [5.74, 6) is -1.13. The first-order valence-electron chi connectivity index (χ1n) is 9.97. The molecule has 0 radical (unpaired) electrons. The monoisotopic (exact) mass is 423 g/mol. The van der Waals surface area contributed by atoms with Gasteiger partial charge in [-0.15, -0.1) is 11.3 Å². The molecular weight excluding hydrogens is 401 g/mol. The van der Waals surface area contributed by atoms with E-state index < -0.39 is 5.82 Å². The lowest BCUT2D eigenvalue weighted by Crippen LogP contribution is -2.29. The molecule has 0 aliphatic carbocycles. The molecule has 1 aromatic heterocycles. The van der Waals surface area contributed by atoms with Gasteiger partial charge in [-0.25, -0.2) is 9.37 Å². The summed E-state index contributed by atoms with van der Waals surface area (Å²) in [5, 5.41) is 5.28. The second kappa shape index (κ2) is 9.28. The van der Waals surface area contributed by atoms with E-state index in [9.17, 15) is 14.0 Å². The first-order valence-corrected chi connectivity index (χ1v) is 10.9. The van der Waals surface area contributed by atoms with Crippen LogP contribution in [0.4, 0.5) is 9.52 Å². The van der Waals surface area contributed by atoms with Gasteiger partial charge in [0.15, 0.2) is 10.9 Å². The molecule has 0 atom stereocenters. The number of hydrogen-bond acceptors (Lipinski definition) is 5. The lowest BCUT2D eigenvalue weighted by atomic mass is 9.98. The van der Waals surface area contributed by atoms with Crippen molar-refractivity contribution in [3.8, 4) is 0 Å². The maximum absolute atomic E-state index is 13.2. The summed E-state index contributed by atoms with van der Waals surface area (Å²) in [7, 11) is 0. The quantitative estimate of drug-likeness (QED) is 0.581. The molecule has 0 spiro atoms. The molecule has 154 valence electrons. The number of amides is 1. The fourth-order valence-corrected chi connectivity index (χ4v) is 4.28. The van der Waals surface area contributed by atoms with E-state index in [-0.39, 0.29) is 22.8 Å². The Kier molecular flexibility index (Phi) is 6.30. The fraction of sp³-hybridized carbons (Fsp3) is 0.261. The molecule has 1 aliphatic rings. The Morgan fingerprint density at radius 1 is 1.00 bits per heavy atom. The summed E-state index contributed by atoms with van der Waals surface area (Å²) < 4.78 is 13.2. The van der Waals surface area contributed by atoms with Crippen molar-refractivity contribution in [2.75, 3.05) is 18.4 Å². The highest BCUT2D eigenvalue weighted by Gasteiger charge is 2.19. The van der Waals surface area contributed by atoms with Crippen molar-refractivity contribution in [2.24, 2.45) is 0 Å². The number of aromatic nitrogens is 1. The number of anilines is 1. The molecule has 0 unspecified atom stereocenters. The maximum Gasteiger partial charge on any atom is 0.258 e. The van der Waals surface area contributed by atoms with Gasteiger partial charge in [-0.05, 0) is 56.3 Å². The van der Waals surface area contributed by atoms with Gasteiger partial charge >= 0.3 is 0 Å². The summed E-state index contributed by atoms with van der Waals surface area (Å²) >= 11 is 1.38. The zero-order valence-electron chi connectivity index (χ0n) is 16.4. The third-order valence-corrected chi connectivity index (χ3v) is 5.94. The molecule has 1 fully saturated rings. The average Bonchev–Trinajstić information content (AvgIpc) is 3.21. The molecule has 1 amide bonds. The molecule has 30 heavy (non-hydrogen) atoms. The molecule has 1 saturated heterocycles. The van der Waals surface area contributed by atoms with E-state index in [1.165, 1.54) is 54.9 Å². The summed E-state index contributed by atoms with van der Waals surface area (Å²) in [6, 6.07) is 11.9. The van der Waals surface area contributed by atoms with E-state index in [1.54, 1.807) is 24.3 Å². The molecular formula is C23H22FN3O2S. The third kappa shape index (κ3) is 4.80. The number of carbonyl (C=O) groups is 2. The van der Waals surface area contributed by atoms with Crippen LogP contribution in [0.15, 0.2) is 53.9 Å². The van der Waals surface area contributed by atoms with Gasteiger partial charge in [-0.3, -0.25) is 19.8 Å². The van der Waals surface area contributed by atoms with E-state index in [1.807, 2.05) is 5.38 Å². The summed E-state index contributed by atoms with van der Waals surface area (Å²) in [5.41, 5.74) is 1.80. The van der Waals surface area contributed by atoms with Crippen LogP contribution < -0.4 is 5.32 Å². The van der Waals surface area contributed by atoms with Gasteiger partial charge in [0, 0.05) is 23.1 Å². The summed E-state index contributed by atoms with van der Waals surface area (Å²) in [6.45, 7) is 2.95. The van der Waals surface area contributed by atoms with Crippen molar-refractivity contribution in [3.63, 3.8) is 0 Å². The standard InChI is InChI=1S/C23H22FN3O2S/c24-17-10-8-16(9-11-17)21(28)19-6-2-3-7-20(19)22(29)26-23-25-18(15-30-23)14-27-12-4-1-5-13-27/h2-3,6-11,15H,1,4-5,12-14H2,(H,25,26,29). The number of thiazole rings is 1. The summed E-state index contributed by atoms with van der Waals surface area (Å²) in [4.78, 5) is 32.6. The normalized spacial score (nSPS) is 14.4.